The number of allylic oxidation sites excluding steroid dienone is 1. The Morgan fingerprint density at radius 1 is 1.24 bits per heavy atom. The van der Waals surface area contributed by atoms with E-state index in [-0.39, 0.29) is 12.2 Å². The number of hydrogen-bond acceptors (Lipinski definition) is 7. The molecule has 6 nitrogen and oxygen atoms in total. The van der Waals surface area contributed by atoms with Gasteiger partial charge < -0.3 is 9.15 Å². The lowest BCUT2D eigenvalue weighted by Crippen LogP contribution is -2.39. The second-order valence-electron chi connectivity index (χ2n) is 8.41. The van der Waals surface area contributed by atoms with E-state index in [9.17, 15) is 9.59 Å². The fraction of sp³-hybridized carbons (Fsp3) is 0.179. The van der Waals surface area contributed by atoms with Gasteiger partial charge in [-0.05, 0) is 78.0 Å². The summed E-state index contributed by atoms with van der Waals surface area (Å²) in [7, 11) is 0. The summed E-state index contributed by atoms with van der Waals surface area (Å²) in [5.41, 5.74) is 2.26. The zero-order valence-corrected chi connectivity index (χ0v) is 24.6. The number of thioether (sulfide) groups is 1. The smallest absolute Gasteiger partial charge is 0.338 e. The fourth-order valence-corrected chi connectivity index (χ4v) is 6.12. The van der Waals surface area contributed by atoms with Gasteiger partial charge in [-0.3, -0.25) is 9.36 Å². The molecule has 1 atom stereocenters. The zero-order chi connectivity index (χ0) is 27.0. The van der Waals surface area contributed by atoms with Gasteiger partial charge in [-0.25, -0.2) is 9.79 Å². The maximum Gasteiger partial charge on any atom is 0.338 e. The van der Waals surface area contributed by atoms with Crippen molar-refractivity contribution in [2.24, 2.45) is 4.99 Å². The van der Waals surface area contributed by atoms with Crippen molar-refractivity contribution in [2.75, 3.05) is 12.9 Å². The molecule has 0 saturated carbocycles. The van der Waals surface area contributed by atoms with E-state index < -0.39 is 12.0 Å². The van der Waals surface area contributed by atoms with Gasteiger partial charge in [0.05, 0.1) is 33.5 Å². The minimum Gasteiger partial charge on any atom is -0.463 e. The Kier molecular flexibility index (Phi) is 7.81. The third-order valence-electron chi connectivity index (χ3n) is 6.05. The van der Waals surface area contributed by atoms with Crippen LogP contribution in [0.25, 0.3) is 17.4 Å². The van der Waals surface area contributed by atoms with Crippen LogP contribution in [-0.2, 0) is 9.53 Å². The number of hydrogen-bond donors (Lipinski definition) is 0. The molecule has 4 aromatic rings. The van der Waals surface area contributed by atoms with Crippen LogP contribution < -0.4 is 14.9 Å². The molecule has 0 bridgehead atoms. The average molecular weight is 630 g/mol. The van der Waals surface area contributed by atoms with Crippen molar-refractivity contribution in [3.8, 4) is 11.3 Å². The minimum absolute atomic E-state index is 0.225. The topological polar surface area (TPSA) is 73.8 Å². The van der Waals surface area contributed by atoms with Crippen molar-refractivity contribution >= 4 is 62.7 Å². The second kappa shape index (κ2) is 11.1. The molecule has 38 heavy (non-hydrogen) atoms. The van der Waals surface area contributed by atoms with Crippen LogP contribution in [-0.4, -0.2) is 23.4 Å². The average Bonchev–Trinajstić information content (AvgIpc) is 3.49. The predicted octanol–water partition coefficient (Wildman–Crippen LogP) is 6.20. The van der Waals surface area contributed by atoms with Gasteiger partial charge in [0.1, 0.15) is 11.5 Å². The van der Waals surface area contributed by atoms with Gasteiger partial charge in [-0.2, -0.15) is 0 Å². The number of furan rings is 1. The molecule has 0 aliphatic carbocycles. The number of ether oxygens (including phenoxy) is 1. The van der Waals surface area contributed by atoms with Crippen LogP contribution in [0.15, 0.2) is 89.4 Å². The van der Waals surface area contributed by atoms with Crippen molar-refractivity contribution in [2.45, 2.75) is 24.8 Å². The van der Waals surface area contributed by atoms with Crippen LogP contribution in [0.2, 0.25) is 5.02 Å². The van der Waals surface area contributed by atoms with Gasteiger partial charge in [-0.15, -0.1) is 11.8 Å². The van der Waals surface area contributed by atoms with Crippen LogP contribution in [0.4, 0.5) is 0 Å². The first-order chi connectivity index (χ1) is 18.3. The molecule has 0 saturated heterocycles. The fourth-order valence-electron chi connectivity index (χ4n) is 4.26. The lowest BCUT2D eigenvalue weighted by atomic mass is 9.96. The first kappa shape index (κ1) is 26.7. The van der Waals surface area contributed by atoms with E-state index in [1.807, 2.05) is 54.8 Å². The van der Waals surface area contributed by atoms with E-state index in [0.29, 0.717) is 37.1 Å². The number of nitrogens with zero attached hydrogens (tertiary/aromatic N) is 2. The molecule has 1 aliphatic rings. The number of aromatic nitrogens is 1. The Bertz CT molecular complexity index is 1750. The molecule has 0 N–H and O–H groups in total. The highest BCUT2D eigenvalue weighted by atomic mass is 79.9. The van der Waals surface area contributed by atoms with E-state index in [4.69, 9.17) is 20.8 Å². The van der Waals surface area contributed by atoms with Gasteiger partial charge in [-0.1, -0.05) is 41.1 Å². The van der Waals surface area contributed by atoms with E-state index in [1.54, 1.807) is 42.3 Å². The van der Waals surface area contributed by atoms with Crippen LogP contribution in [0.5, 0.6) is 0 Å². The van der Waals surface area contributed by atoms with E-state index in [1.165, 1.54) is 11.3 Å². The Balaban J connectivity index is 1.62. The Labute approximate surface area is 240 Å². The van der Waals surface area contributed by atoms with E-state index in [2.05, 4.69) is 20.9 Å². The summed E-state index contributed by atoms with van der Waals surface area (Å²) in [6.07, 6.45) is 3.70. The Morgan fingerprint density at radius 3 is 2.68 bits per heavy atom. The maximum atomic E-state index is 13.8. The summed E-state index contributed by atoms with van der Waals surface area (Å²) >= 11 is 12.5. The quantitative estimate of drug-likeness (QED) is 0.188. The summed E-state index contributed by atoms with van der Waals surface area (Å²) in [5.74, 6) is 0.669. The molecule has 3 heterocycles. The SMILES string of the molecule is CCOC(=O)C1=C(C)N=c2s/c(=C\c3ccc(-c4ccc(Br)c(Cl)c4)o3)c(=O)n2[C@@H]1c1ccc(SC)cc1. The molecule has 2 aromatic heterocycles. The van der Waals surface area contributed by atoms with Gasteiger partial charge >= 0.3 is 5.97 Å². The largest absolute Gasteiger partial charge is 0.463 e. The predicted molar refractivity (Wildman–Crippen MR) is 155 cm³/mol. The molecule has 194 valence electrons. The summed E-state index contributed by atoms with van der Waals surface area (Å²) in [6.45, 7) is 3.75. The third-order valence-corrected chi connectivity index (χ3v) is 9.01. The number of fused-ring (bicyclic) bond motifs is 1. The molecule has 2 aromatic carbocycles. The van der Waals surface area contributed by atoms with Crippen molar-refractivity contribution in [3.63, 3.8) is 0 Å². The molecule has 0 amide bonds. The number of rotatable bonds is 6. The maximum absolute atomic E-state index is 13.8. The van der Waals surface area contributed by atoms with Gasteiger partial charge in [0.25, 0.3) is 5.56 Å². The second-order valence-corrected chi connectivity index (χ2v) is 11.6. The monoisotopic (exact) mass is 628 g/mol. The number of benzene rings is 2. The summed E-state index contributed by atoms with van der Waals surface area (Å²) in [4.78, 5) is 33.0. The first-order valence-corrected chi connectivity index (χ1v) is 14.9. The summed E-state index contributed by atoms with van der Waals surface area (Å²) < 4.78 is 14.2. The molecular weight excluding hydrogens is 608 g/mol. The van der Waals surface area contributed by atoms with Crippen molar-refractivity contribution in [3.05, 3.63) is 106 Å². The molecule has 0 radical (unpaired) electrons. The highest BCUT2D eigenvalue weighted by Gasteiger charge is 2.33. The summed E-state index contributed by atoms with van der Waals surface area (Å²) in [6, 6.07) is 16.4. The normalized spacial score (nSPS) is 15.4. The van der Waals surface area contributed by atoms with Crippen LogP contribution >= 0.6 is 50.6 Å². The first-order valence-electron chi connectivity index (χ1n) is 11.7. The molecule has 0 unspecified atom stereocenters. The highest BCUT2D eigenvalue weighted by Crippen LogP contribution is 2.32. The van der Waals surface area contributed by atoms with Gasteiger partial charge in [0, 0.05) is 21.0 Å². The third kappa shape index (κ3) is 5.08. The van der Waals surface area contributed by atoms with Gasteiger partial charge in [0.2, 0.25) is 0 Å². The van der Waals surface area contributed by atoms with Crippen molar-refractivity contribution in [1.82, 2.24) is 4.57 Å². The zero-order valence-electron chi connectivity index (χ0n) is 20.7. The van der Waals surface area contributed by atoms with E-state index >= 15 is 0 Å². The van der Waals surface area contributed by atoms with Crippen molar-refractivity contribution in [1.29, 1.82) is 0 Å². The number of halogens is 2. The minimum atomic E-state index is -0.652. The Morgan fingerprint density at radius 2 is 2.00 bits per heavy atom. The standard InChI is InChI=1S/C28H22BrClN2O4S2/c1-4-35-27(34)24-15(2)31-28-32(25(24)16-5-9-19(37-3)10-6-16)26(33)23(38-28)14-18-8-12-22(36-18)17-7-11-20(29)21(30)13-17/h5-14,25H,4H2,1-3H3/b23-14-/t25-/m1/s1. The molecular formula is C28H22BrClN2O4S2. The highest BCUT2D eigenvalue weighted by molar-refractivity contribution is 9.10. The lowest BCUT2D eigenvalue weighted by Gasteiger charge is -2.24. The van der Waals surface area contributed by atoms with Crippen LogP contribution in [0.3, 0.4) is 0 Å². The number of carbonyl (C=O) groups is 1. The molecule has 0 spiro atoms. The molecule has 1 aliphatic heterocycles. The van der Waals surface area contributed by atoms with E-state index in [0.717, 1.165) is 20.5 Å². The molecule has 5 rings (SSSR count). The van der Waals surface area contributed by atoms with Gasteiger partial charge in [0.15, 0.2) is 4.80 Å². The summed E-state index contributed by atoms with van der Waals surface area (Å²) in [5, 5.41) is 0.576. The van der Waals surface area contributed by atoms with Crippen molar-refractivity contribution < 1.29 is 13.9 Å². The lowest BCUT2D eigenvalue weighted by molar-refractivity contribution is -0.139. The Hall–Kier alpha value is -2.85. The molecule has 0 fully saturated rings. The van der Waals surface area contributed by atoms with Crippen LogP contribution in [0, 0.1) is 0 Å². The number of carbonyl (C=O) groups excluding carboxylic acids is 1. The number of thiazole rings is 1. The van der Waals surface area contributed by atoms with Crippen LogP contribution in [0.1, 0.15) is 31.2 Å². The molecule has 10 heteroatoms. The number of esters is 1.